The van der Waals surface area contributed by atoms with Gasteiger partial charge in [-0.1, -0.05) is 30.3 Å². The molecule has 220 valence electrons. The van der Waals surface area contributed by atoms with Crippen LogP contribution < -0.4 is 25.0 Å². The first-order valence-corrected chi connectivity index (χ1v) is 15.2. The Bertz CT molecular complexity index is 1870. The highest BCUT2D eigenvalue weighted by molar-refractivity contribution is 7.89. The number of nitrogens with zero attached hydrogens (tertiary/aromatic N) is 6. The highest BCUT2D eigenvalue weighted by atomic mass is 32.2. The van der Waals surface area contributed by atoms with E-state index in [1.807, 2.05) is 47.3 Å². The van der Waals surface area contributed by atoms with Crippen molar-refractivity contribution in [1.29, 1.82) is 0 Å². The van der Waals surface area contributed by atoms with E-state index in [0.29, 0.717) is 37.5 Å². The summed E-state index contributed by atoms with van der Waals surface area (Å²) < 4.78 is 30.4. The van der Waals surface area contributed by atoms with Crippen molar-refractivity contribution in [3.05, 3.63) is 96.4 Å². The summed E-state index contributed by atoms with van der Waals surface area (Å²) in [6, 6.07) is 21.3. The smallest absolute Gasteiger partial charge is 0.251 e. The van der Waals surface area contributed by atoms with Crippen LogP contribution in [0.1, 0.15) is 15.9 Å². The van der Waals surface area contributed by atoms with Crippen molar-refractivity contribution in [1.82, 2.24) is 25.1 Å². The lowest BCUT2D eigenvalue weighted by atomic mass is 10.1. The van der Waals surface area contributed by atoms with Gasteiger partial charge in [0.15, 0.2) is 5.65 Å². The number of aromatic nitrogens is 4. The van der Waals surface area contributed by atoms with Crippen LogP contribution in [0.25, 0.3) is 16.7 Å². The second-order valence-electron chi connectivity index (χ2n) is 10.1. The van der Waals surface area contributed by atoms with Crippen molar-refractivity contribution < 1.29 is 17.9 Å². The molecule has 1 aliphatic heterocycles. The quantitative estimate of drug-likeness (QED) is 0.275. The number of hydrogen-bond donors (Lipinski definition) is 2. The SMILES string of the molecule is COc1ccc(C(=O)NCc2ccc(S(N)(=O)=O)cc2)cc1N1CCN(c2ncnc3c2cnn3-c2ccccc2)CC1. The predicted molar refractivity (Wildman–Crippen MR) is 163 cm³/mol. The third kappa shape index (κ3) is 5.85. The van der Waals surface area contributed by atoms with Crippen LogP contribution in [0.5, 0.6) is 5.75 Å². The van der Waals surface area contributed by atoms with E-state index >= 15 is 0 Å². The van der Waals surface area contributed by atoms with Crippen molar-refractivity contribution in [2.45, 2.75) is 11.4 Å². The normalized spacial score (nSPS) is 13.7. The summed E-state index contributed by atoms with van der Waals surface area (Å²) >= 11 is 0. The topological polar surface area (TPSA) is 149 Å². The number of ether oxygens (including phenoxy) is 1. The minimum Gasteiger partial charge on any atom is -0.495 e. The molecule has 0 atom stereocenters. The molecule has 3 N–H and O–H groups in total. The molecule has 13 heteroatoms. The van der Waals surface area contributed by atoms with Crippen LogP contribution in [-0.4, -0.2) is 67.4 Å². The predicted octanol–water partition coefficient (Wildman–Crippen LogP) is 2.73. The van der Waals surface area contributed by atoms with Crippen molar-refractivity contribution in [3.8, 4) is 11.4 Å². The van der Waals surface area contributed by atoms with E-state index < -0.39 is 10.0 Å². The van der Waals surface area contributed by atoms with E-state index in [0.717, 1.165) is 33.8 Å². The number of nitrogens with one attached hydrogen (secondary N) is 1. The molecule has 0 spiro atoms. The molecule has 6 rings (SSSR count). The number of primary sulfonamides is 1. The molecule has 2 aromatic heterocycles. The van der Waals surface area contributed by atoms with Gasteiger partial charge in [0, 0.05) is 38.3 Å². The van der Waals surface area contributed by atoms with E-state index in [2.05, 4.69) is 30.2 Å². The first-order valence-electron chi connectivity index (χ1n) is 13.6. The fourth-order valence-electron chi connectivity index (χ4n) is 5.16. The van der Waals surface area contributed by atoms with Crippen LogP contribution in [0.4, 0.5) is 11.5 Å². The first kappa shape index (κ1) is 28.1. The number of sulfonamides is 1. The summed E-state index contributed by atoms with van der Waals surface area (Å²) in [5, 5.41) is 13.5. The molecule has 1 aliphatic rings. The van der Waals surface area contributed by atoms with Crippen molar-refractivity contribution in [3.63, 3.8) is 0 Å². The minimum atomic E-state index is -3.77. The van der Waals surface area contributed by atoms with Crippen LogP contribution in [0.2, 0.25) is 0 Å². The van der Waals surface area contributed by atoms with Crippen LogP contribution in [0.15, 0.2) is 90.2 Å². The molecule has 3 heterocycles. The number of piperazine rings is 1. The van der Waals surface area contributed by atoms with E-state index in [4.69, 9.17) is 9.88 Å². The monoisotopic (exact) mass is 598 g/mol. The van der Waals surface area contributed by atoms with Gasteiger partial charge >= 0.3 is 0 Å². The molecule has 43 heavy (non-hydrogen) atoms. The summed E-state index contributed by atoms with van der Waals surface area (Å²) in [7, 11) is -2.16. The fraction of sp³-hybridized carbons (Fsp3) is 0.200. The number of amides is 1. The summed E-state index contributed by atoms with van der Waals surface area (Å²) in [6.07, 6.45) is 3.38. The Hall–Kier alpha value is -5.01. The second kappa shape index (κ2) is 11.7. The van der Waals surface area contributed by atoms with Gasteiger partial charge in [-0.15, -0.1) is 0 Å². The molecule has 1 saturated heterocycles. The molecular weight excluding hydrogens is 568 g/mol. The highest BCUT2D eigenvalue weighted by Crippen LogP contribution is 2.32. The van der Waals surface area contributed by atoms with Crippen LogP contribution in [0.3, 0.4) is 0 Å². The number of benzene rings is 3. The van der Waals surface area contributed by atoms with Gasteiger partial charge in [-0.2, -0.15) is 5.10 Å². The van der Waals surface area contributed by atoms with Gasteiger partial charge in [0.1, 0.15) is 17.9 Å². The Morgan fingerprint density at radius 1 is 0.953 bits per heavy atom. The lowest BCUT2D eigenvalue weighted by molar-refractivity contribution is 0.0951. The zero-order valence-corrected chi connectivity index (χ0v) is 24.2. The molecule has 0 unspecified atom stereocenters. The number of fused-ring (bicyclic) bond motifs is 1. The van der Waals surface area contributed by atoms with E-state index in [9.17, 15) is 13.2 Å². The Kier molecular flexibility index (Phi) is 7.65. The highest BCUT2D eigenvalue weighted by Gasteiger charge is 2.24. The lowest BCUT2D eigenvalue weighted by Crippen LogP contribution is -2.47. The maximum atomic E-state index is 13.0. The number of nitrogens with two attached hydrogens (primary N) is 1. The number of para-hydroxylation sites is 1. The summed E-state index contributed by atoms with van der Waals surface area (Å²) in [5.41, 5.74) is 3.75. The number of methoxy groups -OCH3 is 1. The number of anilines is 2. The summed E-state index contributed by atoms with van der Waals surface area (Å²) in [5.74, 6) is 1.26. The van der Waals surface area contributed by atoms with Gasteiger partial charge in [-0.25, -0.2) is 28.2 Å². The standard InChI is InChI=1S/C30H30N8O4S/c1-42-27-12-9-22(30(39)32-18-21-7-10-24(11-8-21)43(31,40)41)17-26(27)36-13-15-37(16-14-36)28-25-19-35-38(29(25)34-20-33-28)23-5-3-2-4-6-23/h2-12,17,19-20H,13-16,18H2,1H3,(H,32,39)(H2,31,40,41). The maximum Gasteiger partial charge on any atom is 0.251 e. The Morgan fingerprint density at radius 2 is 1.67 bits per heavy atom. The number of carbonyl (C=O) groups is 1. The number of rotatable bonds is 8. The average Bonchev–Trinajstić information content (AvgIpc) is 3.48. The van der Waals surface area contributed by atoms with Crippen LogP contribution in [-0.2, 0) is 16.6 Å². The van der Waals surface area contributed by atoms with Crippen molar-refractivity contribution >= 4 is 38.5 Å². The van der Waals surface area contributed by atoms with Gasteiger partial charge in [0.2, 0.25) is 10.0 Å². The molecule has 0 aliphatic carbocycles. The Morgan fingerprint density at radius 3 is 2.37 bits per heavy atom. The fourth-order valence-corrected chi connectivity index (χ4v) is 5.68. The molecule has 3 aromatic carbocycles. The Labute approximate surface area is 248 Å². The molecule has 0 saturated carbocycles. The molecule has 5 aromatic rings. The zero-order valence-electron chi connectivity index (χ0n) is 23.4. The van der Waals surface area contributed by atoms with Gasteiger partial charge in [0.25, 0.3) is 5.91 Å². The van der Waals surface area contributed by atoms with Crippen molar-refractivity contribution in [2.75, 3.05) is 43.1 Å². The molecule has 1 fully saturated rings. The van der Waals surface area contributed by atoms with E-state index in [1.54, 1.807) is 37.7 Å². The zero-order chi connectivity index (χ0) is 30.0. The average molecular weight is 599 g/mol. The molecule has 0 radical (unpaired) electrons. The van der Waals surface area contributed by atoms with Gasteiger partial charge in [-0.05, 0) is 48.0 Å². The Balaban J connectivity index is 1.15. The number of carbonyl (C=O) groups excluding carboxylic acids is 1. The van der Waals surface area contributed by atoms with Crippen LogP contribution >= 0.6 is 0 Å². The van der Waals surface area contributed by atoms with Crippen molar-refractivity contribution in [2.24, 2.45) is 5.14 Å². The number of hydrogen-bond acceptors (Lipinski definition) is 9. The van der Waals surface area contributed by atoms with Gasteiger partial charge < -0.3 is 19.9 Å². The van der Waals surface area contributed by atoms with Crippen LogP contribution in [0, 0.1) is 0 Å². The van der Waals surface area contributed by atoms with Gasteiger partial charge in [-0.3, -0.25) is 4.79 Å². The largest absolute Gasteiger partial charge is 0.495 e. The molecule has 0 bridgehead atoms. The maximum absolute atomic E-state index is 13.0. The minimum absolute atomic E-state index is 0.0221. The molecule has 1 amide bonds. The van der Waals surface area contributed by atoms with E-state index in [-0.39, 0.29) is 17.3 Å². The first-order chi connectivity index (χ1) is 20.8. The second-order valence-corrected chi connectivity index (χ2v) is 11.6. The third-order valence-corrected chi connectivity index (χ3v) is 8.34. The van der Waals surface area contributed by atoms with E-state index in [1.165, 1.54) is 12.1 Å². The third-order valence-electron chi connectivity index (χ3n) is 7.41. The molecular formula is C30H30N8O4S. The van der Waals surface area contributed by atoms with Gasteiger partial charge in [0.05, 0.1) is 35.0 Å². The molecule has 12 nitrogen and oxygen atoms in total. The summed E-state index contributed by atoms with van der Waals surface area (Å²) in [6.45, 7) is 3.03. The summed E-state index contributed by atoms with van der Waals surface area (Å²) in [4.78, 5) is 26.6. The lowest BCUT2D eigenvalue weighted by Gasteiger charge is -2.37.